The number of hydrogen-bond donors (Lipinski definition) is 2. The van der Waals surface area contributed by atoms with E-state index in [1.807, 2.05) is 36.5 Å². The summed E-state index contributed by atoms with van der Waals surface area (Å²) in [5, 5.41) is 0. The van der Waals surface area contributed by atoms with Crippen LogP contribution in [0.5, 0.6) is 0 Å². The van der Waals surface area contributed by atoms with Crippen LogP contribution in [-0.4, -0.2) is 41.0 Å². The van der Waals surface area contributed by atoms with Crippen LogP contribution < -0.4 is 0 Å². The highest BCUT2D eigenvalue weighted by Crippen LogP contribution is 2.36. The summed E-state index contributed by atoms with van der Waals surface area (Å²) in [4.78, 5) is 42.8. The van der Waals surface area contributed by atoms with Crippen LogP contribution in [-0.2, 0) is 28.2 Å². The van der Waals surface area contributed by atoms with Crippen LogP contribution in [0, 0.1) is 0 Å². The molecule has 0 spiro atoms. The van der Waals surface area contributed by atoms with Gasteiger partial charge >= 0.3 is 19.8 Å². The van der Waals surface area contributed by atoms with E-state index < -0.39 is 32.5 Å². The first-order valence-corrected chi connectivity index (χ1v) is 22.0. The molecule has 53 heavy (non-hydrogen) atoms. The minimum absolute atomic E-state index is 0.160. The standard InChI is InChI=1S/C44H73O8P/c1-3-5-7-9-11-13-15-17-18-19-20-21-22-23-24-25-27-28-30-32-34-36-38-43(45)50-40-42(41-51-53(47,48)49)52-44(46)39-37-35-33-31-29-26-16-14-12-10-8-6-4-2/h6,8,10-14,16-18,20-21,26,29,42H,3-5,7,9,15,19,22-25,27-28,30-41H2,1-2H3,(H2,47,48,49)/b8-6+,12-10+,13-11+,16-14+,18-17+,21-20+,29-26+. The van der Waals surface area contributed by atoms with Crippen molar-refractivity contribution < 1.29 is 37.9 Å². The Kier molecular flexibility index (Phi) is 36.9. The molecule has 0 aliphatic rings. The van der Waals surface area contributed by atoms with Crippen molar-refractivity contribution >= 4 is 19.8 Å². The van der Waals surface area contributed by atoms with Crippen LogP contribution in [0.1, 0.15) is 162 Å². The molecule has 0 aromatic heterocycles. The first kappa shape index (κ1) is 50.2. The van der Waals surface area contributed by atoms with Gasteiger partial charge in [-0.2, -0.15) is 0 Å². The van der Waals surface area contributed by atoms with Crippen molar-refractivity contribution in [2.24, 2.45) is 0 Å². The quantitative estimate of drug-likeness (QED) is 0.0213. The molecule has 0 aliphatic carbocycles. The molecule has 2 N–H and O–H groups in total. The summed E-state index contributed by atoms with van der Waals surface area (Å²) in [6, 6.07) is 0. The second-order valence-corrected chi connectivity index (χ2v) is 14.6. The molecule has 0 aliphatic heterocycles. The van der Waals surface area contributed by atoms with Gasteiger partial charge in [0.15, 0.2) is 6.10 Å². The van der Waals surface area contributed by atoms with Crippen LogP contribution in [0.2, 0.25) is 0 Å². The molecule has 0 radical (unpaired) electrons. The average molecular weight is 761 g/mol. The maximum atomic E-state index is 12.4. The lowest BCUT2D eigenvalue weighted by molar-refractivity contribution is -0.161. The Hall–Kier alpha value is -2.77. The molecule has 302 valence electrons. The minimum atomic E-state index is -4.77. The Morgan fingerprint density at radius 2 is 0.981 bits per heavy atom. The van der Waals surface area contributed by atoms with Crippen LogP contribution >= 0.6 is 7.82 Å². The summed E-state index contributed by atoms with van der Waals surface area (Å²) in [5.41, 5.74) is 0. The summed E-state index contributed by atoms with van der Waals surface area (Å²) in [5.74, 6) is -0.945. The van der Waals surface area contributed by atoms with Gasteiger partial charge in [-0.1, -0.05) is 163 Å². The number of ether oxygens (including phenoxy) is 2. The van der Waals surface area contributed by atoms with E-state index in [1.165, 1.54) is 57.8 Å². The number of phosphoric acid groups is 1. The molecule has 0 aromatic rings. The highest BCUT2D eigenvalue weighted by molar-refractivity contribution is 7.46. The number of esters is 2. The summed E-state index contributed by atoms with van der Waals surface area (Å²) in [7, 11) is -4.77. The van der Waals surface area contributed by atoms with Gasteiger partial charge in [0.05, 0.1) is 6.61 Å². The van der Waals surface area contributed by atoms with Crippen molar-refractivity contribution in [1.82, 2.24) is 0 Å². The first-order valence-electron chi connectivity index (χ1n) is 20.4. The average Bonchev–Trinajstić information content (AvgIpc) is 3.13. The number of phosphoric ester groups is 1. The molecule has 0 bridgehead atoms. The molecular formula is C44H73O8P. The van der Waals surface area contributed by atoms with Crippen molar-refractivity contribution in [2.45, 2.75) is 168 Å². The van der Waals surface area contributed by atoms with Crippen LogP contribution in [0.3, 0.4) is 0 Å². The molecule has 1 unspecified atom stereocenters. The summed E-state index contributed by atoms with van der Waals surface area (Å²) in [6.07, 6.45) is 51.7. The lowest BCUT2D eigenvalue weighted by Crippen LogP contribution is -2.29. The minimum Gasteiger partial charge on any atom is -0.462 e. The molecule has 1 atom stereocenters. The number of unbranched alkanes of at least 4 members (excludes halogenated alkanes) is 15. The smallest absolute Gasteiger partial charge is 0.462 e. The number of carbonyl (C=O) groups is 2. The number of hydrogen-bond acceptors (Lipinski definition) is 6. The molecule has 0 aromatic carbocycles. The Labute approximate surface area is 322 Å². The van der Waals surface area contributed by atoms with Gasteiger partial charge in [0.2, 0.25) is 0 Å². The zero-order valence-corrected chi connectivity index (χ0v) is 34.0. The second kappa shape index (κ2) is 38.9. The molecule has 8 nitrogen and oxygen atoms in total. The van der Waals surface area contributed by atoms with Crippen LogP contribution in [0.4, 0.5) is 0 Å². The highest BCUT2D eigenvalue weighted by atomic mass is 31.2. The van der Waals surface area contributed by atoms with E-state index in [0.29, 0.717) is 12.8 Å². The summed E-state index contributed by atoms with van der Waals surface area (Å²) >= 11 is 0. The summed E-state index contributed by atoms with van der Waals surface area (Å²) < 4.78 is 26.3. The fourth-order valence-electron chi connectivity index (χ4n) is 5.21. The predicted octanol–water partition coefficient (Wildman–Crippen LogP) is 12.5. The SMILES string of the molecule is CC/C=C/C=C/C=C/C=C/CCCCCC(=O)OC(COC(=O)CCCCCCCCCCC/C=C/C/C=C/C/C=C/CCCCC)COP(=O)(O)O. The maximum absolute atomic E-state index is 12.4. The molecule has 0 saturated heterocycles. The Bertz CT molecular complexity index is 1130. The Morgan fingerprint density at radius 1 is 0.528 bits per heavy atom. The highest BCUT2D eigenvalue weighted by Gasteiger charge is 2.22. The van der Waals surface area contributed by atoms with Gasteiger partial charge in [-0.25, -0.2) is 4.57 Å². The van der Waals surface area contributed by atoms with Gasteiger partial charge in [-0.3, -0.25) is 14.1 Å². The van der Waals surface area contributed by atoms with Gasteiger partial charge < -0.3 is 19.3 Å². The van der Waals surface area contributed by atoms with Crippen LogP contribution in [0.25, 0.3) is 0 Å². The van der Waals surface area contributed by atoms with Crippen LogP contribution in [0.15, 0.2) is 85.1 Å². The third kappa shape index (κ3) is 41.8. The fourth-order valence-corrected chi connectivity index (χ4v) is 5.57. The predicted molar refractivity (Wildman–Crippen MR) is 220 cm³/mol. The molecule has 0 saturated carbocycles. The third-order valence-corrected chi connectivity index (χ3v) is 8.73. The molecule has 0 amide bonds. The van der Waals surface area contributed by atoms with E-state index in [-0.39, 0.29) is 19.4 Å². The maximum Gasteiger partial charge on any atom is 0.469 e. The van der Waals surface area contributed by atoms with E-state index in [2.05, 4.69) is 67.0 Å². The summed E-state index contributed by atoms with van der Waals surface area (Å²) in [6.45, 7) is 3.46. The van der Waals surface area contributed by atoms with Gasteiger partial charge in [0, 0.05) is 12.8 Å². The molecular weight excluding hydrogens is 687 g/mol. The number of rotatable bonds is 36. The van der Waals surface area contributed by atoms with Gasteiger partial charge in [0.25, 0.3) is 0 Å². The number of carbonyl (C=O) groups excluding carboxylic acids is 2. The van der Waals surface area contributed by atoms with E-state index in [9.17, 15) is 14.2 Å². The zero-order chi connectivity index (χ0) is 38.9. The second-order valence-electron chi connectivity index (χ2n) is 13.3. The number of allylic oxidation sites excluding steroid dienone is 14. The fraction of sp³-hybridized carbons (Fsp3) is 0.636. The van der Waals surface area contributed by atoms with E-state index in [1.54, 1.807) is 0 Å². The third-order valence-electron chi connectivity index (χ3n) is 8.24. The van der Waals surface area contributed by atoms with Crippen molar-refractivity contribution in [3.05, 3.63) is 85.1 Å². The normalized spacial score (nSPS) is 13.4. The van der Waals surface area contributed by atoms with Gasteiger partial charge in [0.1, 0.15) is 6.61 Å². The Balaban J connectivity index is 3.96. The molecule has 0 heterocycles. The van der Waals surface area contributed by atoms with Crippen molar-refractivity contribution in [3.63, 3.8) is 0 Å². The van der Waals surface area contributed by atoms with Gasteiger partial charge in [-0.05, 0) is 70.6 Å². The Morgan fingerprint density at radius 3 is 1.55 bits per heavy atom. The molecule has 9 heteroatoms. The lowest BCUT2D eigenvalue weighted by atomic mass is 10.1. The molecule has 0 rings (SSSR count). The lowest BCUT2D eigenvalue weighted by Gasteiger charge is -2.18. The zero-order valence-electron chi connectivity index (χ0n) is 33.1. The van der Waals surface area contributed by atoms with Gasteiger partial charge in [-0.15, -0.1) is 0 Å². The van der Waals surface area contributed by atoms with Crippen molar-refractivity contribution in [3.8, 4) is 0 Å². The van der Waals surface area contributed by atoms with Crippen molar-refractivity contribution in [1.29, 1.82) is 0 Å². The first-order chi connectivity index (χ1) is 25.8. The van der Waals surface area contributed by atoms with E-state index in [4.69, 9.17) is 19.3 Å². The van der Waals surface area contributed by atoms with E-state index in [0.717, 1.165) is 64.2 Å². The monoisotopic (exact) mass is 761 g/mol. The topological polar surface area (TPSA) is 119 Å². The molecule has 0 fully saturated rings. The van der Waals surface area contributed by atoms with E-state index >= 15 is 0 Å². The van der Waals surface area contributed by atoms with Crippen molar-refractivity contribution in [2.75, 3.05) is 13.2 Å². The largest absolute Gasteiger partial charge is 0.469 e.